The first-order valence-electron chi connectivity index (χ1n) is 9.26. The third-order valence-corrected chi connectivity index (χ3v) is 6.02. The van der Waals surface area contributed by atoms with Crippen LogP contribution in [0, 0.1) is 11.3 Å². The second kappa shape index (κ2) is 6.62. The number of hydrogen-bond acceptors (Lipinski definition) is 3. The average molecular weight is 339 g/mol. The van der Waals surface area contributed by atoms with Crippen molar-refractivity contribution < 1.29 is 9.59 Å². The first kappa shape index (κ1) is 16.3. The molecular formula is C20H25N3O2. The fraction of sp³-hybridized carbons (Fsp3) is 0.550. The molecule has 2 aliphatic heterocycles. The maximum atomic E-state index is 12.6. The number of likely N-dealkylation sites (tertiary alicyclic amines) is 2. The van der Waals surface area contributed by atoms with Gasteiger partial charge in [-0.3, -0.25) is 14.6 Å². The van der Waals surface area contributed by atoms with Crippen LogP contribution < -0.4 is 0 Å². The van der Waals surface area contributed by atoms with E-state index in [2.05, 4.69) is 17.1 Å². The molecule has 3 aliphatic rings. The van der Waals surface area contributed by atoms with Gasteiger partial charge in [-0.1, -0.05) is 12.2 Å². The summed E-state index contributed by atoms with van der Waals surface area (Å²) < 4.78 is 0. The molecule has 0 N–H and O–H groups in total. The van der Waals surface area contributed by atoms with Crippen LogP contribution in [-0.4, -0.2) is 46.2 Å². The predicted molar refractivity (Wildman–Crippen MR) is 94.4 cm³/mol. The van der Waals surface area contributed by atoms with Crippen LogP contribution in [0.3, 0.4) is 0 Å². The molecule has 132 valence electrons. The van der Waals surface area contributed by atoms with E-state index in [1.165, 1.54) is 0 Å². The Bertz CT molecular complexity index is 669. The highest BCUT2D eigenvalue weighted by atomic mass is 16.2. The molecular weight excluding hydrogens is 314 g/mol. The smallest absolute Gasteiger partial charge is 0.226 e. The Morgan fingerprint density at radius 2 is 1.84 bits per heavy atom. The molecule has 4 rings (SSSR count). The third kappa shape index (κ3) is 3.32. The lowest BCUT2D eigenvalue weighted by Crippen LogP contribution is -2.46. The third-order valence-electron chi connectivity index (χ3n) is 6.02. The molecule has 0 bridgehead atoms. The van der Waals surface area contributed by atoms with Crippen molar-refractivity contribution in [3.63, 3.8) is 0 Å². The molecule has 0 saturated carbocycles. The number of aromatic nitrogens is 1. The molecule has 5 heteroatoms. The SMILES string of the molecule is O=C1CC2(CCN(C(=O)C3CC=CC3)CC2)CN1Cc1ccncc1. The van der Waals surface area contributed by atoms with Gasteiger partial charge in [-0.25, -0.2) is 0 Å². The summed E-state index contributed by atoms with van der Waals surface area (Å²) in [6.45, 7) is 3.08. The summed E-state index contributed by atoms with van der Waals surface area (Å²) in [5, 5.41) is 0. The number of carbonyl (C=O) groups excluding carboxylic acids is 2. The Morgan fingerprint density at radius 1 is 1.16 bits per heavy atom. The molecule has 25 heavy (non-hydrogen) atoms. The minimum Gasteiger partial charge on any atom is -0.342 e. The van der Waals surface area contributed by atoms with Crippen LogP contribution in [0.5, 0.6) is 0 Å². The summed E-state index contributed by atoms with van der Waals surface area (Å²) in [6, 6.07) is 3.93. The number of hydrogen-bond donors (Lipinski definition) is 0. The number of piperidine rings is 1. The van der Waals surface area contributed by atoms with Gasteiger partial charge in [-0.2, -0.15) is 0 Å². The lowest BCUT2D eigenvalue weighted by Gasteiger charge is -2.39. The summed E-state index contributed by atoms with van der Waals surface area (Å²) in [5.41, 5.74) is 1.19. The lowest BCUT2D eigenvalue weighted by molar-refractivity contribution is -0.137. The highest BCUT2D eigenvalue weighted by Gasteiger charge is 2.45. The van der Waals surface area contributed by atoms with Gasteiger partial charge < -0.3 is 9.80 Å². The van der Waals surface area contributed by atoms with Crippen LogP contribution in [0.4, 0.5) is 0 Å². The summed E-state index contributed by atoms with van der Waals surface area (Å²) >= 11 is 0. The molecule has 2 fully saturated rings. The van der Waals surface area contributed by atoms with E-state index in [-0.39, 0.29) is 17.2 Å². The van der Waals surface area contributed by atoms with E-state index in [0.29, 0.717) is 18.9 Å². The maximum Gasteiger partial charge on any atom is 0.226 e. The standard InChI is InChI=1S/C20H25N3O2/c24-18-13-20(15-23(18)14-16-5-9-21-10-6-16)7-11-22(12-8-20)19(25)17-3-1-2-4-17/h1-2,5-6,9-10,17H,3-4,7-8,11-15H2. The van der Waals surface area contributed by atoms with Crippen LogP contribution in [0.2, 0.25) is 0 Å². The van der Waals surface area contributed by atoms with Crippen molar-refractivity contribution in [2.24, 2.45) is 11.3 Å². The summed E-state index contributed by atoms with van der Waals surface area (Å²) in [7, 11) is 0. The molecule has 5 nitrogen and oxygen atoms in total. The Kier molecular flexibility index (Phi) is 4.32. The first-order chi connectivity index (χ1) is 12.2. The van der Waals surface area contributed by atoms with Crippen LogP contribution in [0.1, 0.15) is 37.7 Å². The van der Waals surface area contributed by atoms with Gasteiger partial charge in [0.2, 0.25) is 11.8 Å². The quantitative estimate of drug-likeness (QED) is 0.795. The number of nitrogens with zero attached hydrogens (tertiary/aromatic N) is 3. The van der Waals surface area contributed by atoms with Gasteiger partial charge in [0.25, 0.3) is 0 Å². The predicted octanol–water partition coefficient (Wildman–Crippen LogP) is 2.39. The number of amides is 2. The Morgan fingerprint density at radius 3 is 2.52 bits per heavy atom. The molecule has 0 aromatic carbocycles. The molecule has 1 aromatic heterocycles. The van der Waals surface area contributed by atoms with E-state index in [0.717, 1.165) is 50.9 Å². The Labute approximate surface area is 148 Å². The molecule has 1 spiro atoms. The normalized spacial score (nSPS) is 23.0. The van der Waals surface area contributed by atoms with Crippen LogP contribution in [-0.2, 0) is 16.1 Å². The van der Waals surface area contributed by atoms with Gasteiger partial charge >= 0.3 is 0 Å². The minimum atomic E-state index is 0.0643. The number of rotatable bonds is 3. The van der Waals surface area contributed by atoms with E-state index in [4.69, 9.17) is 0 Å². The van der Waals surface area contributed by atoms with Crippen LogP contribution >= 0.6 is 0 Å². The molecule has 0 atom stereocenters. The van der Waals surface area contributed by atoms with Crippen molar-refractivity contribution in [3.8, 4) is 0 Å². The molecule has 0 radical (unpaired) electrons. The largest absolute Gasteiger partial charge is 0.342 e. The zero-order valence-corrected chi connectivity index (χ0v) is 14.6. The zero-order chi connectivity index (χ0) is 17.3. The Hall–Kier alpha value is -2.17. The van der Waals surface area contributed by atoms with E-state index < -0.39 is 0 Å². The molecule has 2 saturated heterocycles. The van der Waals surface area contributed by atoms with E-state index in [9.17, 15) is 9.59 Å². The van der Waals surface area contributed by atoms with Crippen molar-refractivity contribution in [3.05, 3.63) is 42.2 Å². The molecule has 0 unspecified atom stereocenters. The molecule has 3 heterocycles. The second-order valence-corrected chi connectivity index (χ2v) is 7.75. The van der Waals surface area contributed by atoms with Crippen molar-refractivity contribution >= 4 is 11.8 Å². The molecule has 1 aliphatic carbocycles. The highest BCUT2D eigenvalue weighted by Crippen LogP contribution is 2.42. The van der Waals surface area contributed by atoms with Crippen molar-refractivity contribution in [2.75, 3.05) is 19.6 Å². The highest BCUT2D eigenvalue weighted by molar-refractivity contribution is 5.81. The Balaban J connectivity index is 1.35. The van der Waals surface area contributed by atoms with E-state index >= 15 is 0 Å². The van der Waals surface area contributed by atoms with Gasteiger partial charge in [-0.05, 0) is 43.4 Å². The van der Waals surface area contributed by atoms with Crippen molar-refractivity contribution in [2.45, 2.75) is 38.6 Å². The molecule has 2 amide bonds. The number of pyridine rings is 1. The number of allylic oxidation sites excluding steroid dienone is 2. The van der Waals surface area contributed by atoms with Gasteiger partial charge in [-0.15, -0.1) is 0 Å². The summed E-state index contributed by atoms with van der Waals surface area (Å²) in [4.78, 5) is 33.1. The fourth-order valence-electron chi connectivity index (χ4n) is 4.45. The van der Waals surface area contributed by atoms with Crippen LogP contribution in [0.15, 0.2) is 36.7 Å². The monoisotopic (exact) mass is 339 g/mol. The topological polar surface area (TPSA) is 53.5 Å². The zero-order valence-electron chi connectivity index (χ0n) is 14.6. The minimum absolute atomic E-state index is 0.0643. The van der Waals surface area contributed by atoms with Crippen molar-refractivity contribution in [1.82, 2.24) is 14.8 Å². The first-order valence-corrected chi connectivity index (χ1v) is 9.26. The van der Waals surface area contributed by atoms with E-state index in [1.54, 1.807) is 12.4 Å². The maximum absolute atomic E-state index is 12.6. The molecule has 1 aromatic rings. The summed E-state index contributed by atoms with van der Waals surface area (Å²) in [6.07, 6.45) is 12.1. The van der Waals surface area contributed by atoms with Gasteiger partial charge in [0.15, 0.2) is 0 Å². The van der Waals surface area contributed by atoms with Crippen LogP contribution in [0.25, 0.3) is 0 Å². The number of carbonyl (C=O) groups is 2. The lowest BCUT2D eigenvalue weighted by atomic mass is 9.77. The summed E-state index contributed by atoms with van der Waals surface area (Å²) in [5.74, 6) is 0.705. The fourth-order valence-corrected chi connectivity index (χ4v) is 4.45. The average Bonchev–Trinajstić information content (AvgIpc) is 3.25. The van der Waals surface area contributed by atoms with Gasteiger partial charge in [0.05, 0.1) is 0 Å². The second-order valence-electron chi connectivity index (χ2n) is 7.75. The van der Waals surface area contributed by atoms with E-state index in [1.807, 2.05) is 21.9 Å². The van der Waals surface area contributed by atoms with Crippen molar-refractivity contribution in [1.29, 1.82) is 0 Å². The van der Waals surface area contributed by atoms with Gasteiger partial charge in [0, 0.05) is 56.3 Å². The van der Waals surface area contributed by atoms with Gasteiger partial charge in [0.1, 0.15) is 0 Å².